The minimum absolute atomic E-state index is 0.148. The van der Waals surface area contributed by atoms with E-state index < -0.39 is 0 Å². The van der Waals surface area contributed by atoms with Crippen LogP contribution in [0.4, 0.5) is 5.69 Å². The molecule has 0 radical (unpaired) electrons. The van der Waals surface area contributed by atoms with Crippen molar-refractivity contribution in [1.29, 1.82) is 0 Å². The van der Waals surface area contributed by atoms with Crippen molar-refractivity contribution >= 4 is 17.5 Å². The van der Waals surface area contributed by atoms with E-state index in [4.69, 9.17) is 5.73 Å². The van der Waals surface area contributed by atoms with E-state index in [0.29, 0.717) is 18.7 Å². The molecule has 1 unspecified atom stereocenters. The van der Waals surface area contributed by atoms with Crippen molar-refractivity contribution in [1.82, 2.24) is 14.5 Å². The van der Waals surface area contributed by atoms with E-state index in [1.807, 2.05) is 62.4 Å². The van der Waals surface area contributed by atoms with Gasteiger partial charge in [0.15, 0.2) is 0 Å². The number of aryl methyl sites for hydroxylation is 1. The van der Waals surface area contributed by atoms with Crippen molar-refractivity contribution in [3.63, 3.8) is 0 Å². The van der Waals surface area contributed by atoms with E-state index in [1.54, 1.807) is 6.20 Å². The predicted molar refractivity (Wildman–Crippen MR) is 124 cm³/mol. The molecule has 1 aliphatic rings. The maximum absolute atomic E-state index is 13.2. The van der Waals surface area contributed by atoms with Crippen LogP contribution in [0.15, 0.2) is 54.7 Å². The molecule has 3 aromatic rings. The zero-order valence-corrected chi connectivity index (χ0v) is 18.5. The minimum Gasteiger partial charge on any atom is -0.368 e. The van der Waals surface area contributed by atoms with Crippen molar-refractivity contribution in [3.05, 3.63) is 82.9 Å². The lowest BCUT2D eigenvalue weighted by molar-refractivity contribution is -0.122. The average molecular weight is 432 g/mol. The number of pyridine rings is 1. The van der Waals surface area contributed by atoms with Gasteiger partial charge in [0.2, 0.25) is 5.91 Å². The summed E-state index contributed by atoms with van der Waals surface area (Å²) in [7, 11) is 0. The first-order valence-corrected chi connectivity index (χ1v) is 10.9. The van der Waals surface area contributed by atoms with Gasteiger partial charge in [0.05, 0.1) is 23.8 Å². The van der Waals surface area contributed by atoms with Gasteiger partial charge in [-0.2, -0.15) is 0 Å². The van der Waals surface area contributed by atoms with Gasteiger partial charge in [-0.3, -0.25) is 19.5 Å². The minimum atomic E-state index is -0.288. The molecule has 0 aliphatic carbocycles. The Hall–Kier alpha value is -3.45. The normalized spacial score (nSPS) is 16.2. The number of aromatic nitrogens is 2. The maximum atomic E-state index is 13.2. The van der Waals surface area contributed by atoms with E-state index >= 15 is 0 Å². The Labute approximate surface area is 188 Å². The molecule has 1 aliphatic heterocycles. The van der Waals surface area contributed by atoms with E-state index in [-0.39, 0.29) is 17.9 Å². The quantitative estimate of drug-likeness (QED) is 0.601. The number of para-hydroxylation sites is 1. The Morgan fingerprint density at radius 2 is 1.91 bits per heavy atom. The van der Waals surface area contributed by atoms with Crippen LogP contribution in [0.5, 0.6) is 0 Å². The van der Waals surface area contributed by atoms with Gasteiger partial charge in [-0.25, -0.2) is 0 Å². The number of carbonyl (C=O) groups excluding carboxylic acids is 2. The summed E-state index contributed by atoms with van der Waals surface area (Å²) in [6, 6.07) is 15.2. The van der Waals surface area contributed by atoms with Gasteiger partial charge in [0, 0.05) is 29.8 Å². The first kappa shape index (κ1) is 21.8. The highest BCUT2D eigenvalue weighted by Gasteiger charge is 2.29. The summed E-state index contributed by atoms with van der Waals surface area (Å²) < 4.78 is 2.10. The summed E-state index contributed by atoms with van der Waals surface area (Å²) in [4.78, 5) is 31.4. The first-order chi connectivity index (χ1) is 15.4. The fourth-order valence-corrected chi connectivity index (χ4v) is 4.45. The second kappa shape index (κ2) is 9.36. The van der Waals surface area contributed by atoms with Crippen LogP contribution < -0.4 is 11.1 Å². The van der Waals surface area contributed by atoms with Crippen LogP contribution >= 0.6 is 0 Å². The van der Waals surface area contributed by atoms with Crippen molar-refractivity contribution in [3.8, 4) is 0 Å². The third-order valence-corrected chi connectivity index (χ3v) is 6.20. The van der Waals surface area contributed by atoms with Crippen LogP contribution in [0.2, 0.25) is 0 Å². The number of primary amides is 1. The largest absolute Gasteiger partial charge is 0.368 e. The third kappa shape index (κ3) is 4.57. The van der Waals surface area contributed by atoms with Gasteiger partial charge in [-0.05, 0) is 63.1 Å². The second-order valence-electron chi connectivity index (χ2n) is 8.33. The fraction of sp³-hybridized carbons (Fsp3) is 0.320. The average Bonchev–Trinajstić information content (AvgIpc) is 3.36. The van der Waals surface area contributed by atoms with E-state index in [9.17, 15) is 9.59 Å². The number of nitrogens with one attached hydrogen (secondary N) is 1. The molecule has 7 heteroatoms. The smallest absolute Gasteiger partial charge is 0.257 e. The Bertz CT molecular complexity index is 1120. The molecule has 7 nitrogen and oxygen atoms in total. The topological polar surface area (TPSA) is 93.3 Å². The molecule has 1 fully saturated rings. The molecule has 2 aromatic heterocycles. The Kier molecular flexibility index (Phi) is 6.37. The van der Waals surface area contributed by atoms with Gasteiger partial charge in [-0.15, -0.1) is 0 Å². The number of anilines is 1. The molecule has 1 atom stereocenters. The maximum Gasteiger partial charge on any atom is 0.257 e. The van der Waals surface area contributed by atoms with Gasteiger partial charge in [-0.1, -0.05) is 24.3 Å². The molecule has 2 amide bonds. The van der Waals surface area contributed by atoms with Crippen molar-refractivity contribution in [2.24, 2.45) is 5.73 Å². The number of hydrogen-bond acceptors (Lipinski definition) is 4. The van der Waals surface area contributed by atoms with Crippen LogP contribution in [0.25, 0.3) is 0 Å². The number of amides is 2. The molecule has 4 rings (SSSR count). The number of nitrogens with two attached hydrogens (primary N) is 1. The van der Waals surface area contributed by atoms with Crippen molar-refractivity contribution in [2.45, 2.75) is 45.8 Å². The molecule has 1 aromatic carbocycles. The van der Waals surface area contributed by atoms with Crippen molar-refractivity contribution < 1.29 is 9.59 Å². The third-order valence-electron chi connectivity index (χ3n) is 6.20. The van der Waals surface area contributed by atoms with Gasteiger partial charge in [0.25, 0.3) is 5.91 Å². The molecule has 3 heterocycles. The predicted octanol–water partition coefficient (Wildman–Crippen LogP) is 3.25. The Morgan fingerprint density at radius 3 is 2.66 bits per heavy atom. The lowest BCUT2D eigenvalue weighted by atomic mass is 10.1. The molecular weight excluding hydrogens is 402 g/mol. The lowest BCUT2D eigenvalue weighted by Gasteiger charge is -2.23. The molecule has 0 spiro atoms. The summed E-state index contributed by atoms with van der Waals surface area (Å²) >= 11 is 0. The zero-order chi connectivity index (χ0) is 22.7. The monoisotopic (exact) mass is 431 g/mol. The van der Waals surface area contributed by atoms with Gasteiger partial charge >= 0.3 is 0 Å². The molecule has 1 saturated heterocycles. The van der Waals surface area contributed by atoms with E-state index in [2.05, 4.69) is 19.8 Å². The summed E-state index contributed by atoms with van der Waals surface area (Å²) in [6.45, 7) is 5.97. The highest BCUT2D eigenvalue weighted by atomic mass is 16.2. The van der Waals surface area contributed by atoms with Crippen LogP contribution in [-0.2, 0) is 17.9 Å². The standard InChI is InChI=1S/C25H29N5O2/c1-17-14-21(18(2)30(17)16-20-9-5-6-12-27-20)25(32)28-22-10-4-3-8-19(22)15-29-13-7-11-23(29)24(26)31/h3-6,8-10,12,14,23H,7,11,13,15-16H2,1-2H3,(H2,26,31)(H,28,32). The highest BCUT2D eigenvalue weighted by Crippen LogP contribution is 2.25. The first-order valence-electron chi connectivity index (χ1n) is 10.9. The summed E-state index contributed by atoms with van der Waals surface area (Å²) in [5, 5.41) is 3.08. The molecule has 0 saturated carbocycles. The van der Waals surface area contributed by atoms with Crippen molar-refractivity contribution in [2.75, 3.05) is 11.9 Å². The summed E-state index contributed by atoms with van der Waals surface area (Å²) in [6.07, 6.45) is 3.51. The zero-order valence-electron chi connectivity index (χ0n) is 18.5. The Morgan fingerprint density at radius 1 is 1.12 bits per heavy atom. The number of hydrogen-bond donors (Lipinski definition) is 2. The second-order valence-corrected chi connectivity index (χ2v) is 8.33. The van der Waals surface area contributed by atoms with Crippen LogP contribution in [-0.4, -0.2) is 38.9 Å². The molecule has 32 heavy (non-hydrogen) atoms. The SMILES string of the molecule is Cc1cc(C(=O)Nc2ccccc2CN2CCCC2C(N)=O)c(C)n1Cc1ccccn1. The van der Waals surface area contributed by atoms with E-state index in [0.717, 1.165) is 47.7 Å². The van der Waals surface area contributed by atoms with Crippen LogP contribution in [0, 0.1) is 13.8 Å². The number of likely N-dealkylation sites (tertiary alicyclic amines) is 1. The highest BCUT2D eigenvalue weighted by molar-refractivity contribution is 6.05. The molecule has 3 N–H and O–H groups in total. The number of carbonyl (C=O) groups is 2. The fourth-order valence-electron chi connectivity index (χ4n) is 4.45. The van der Waals surface area contributed by atoms with Gasteiger partial charge < -0.3 is 15.6 Å². The number of benzene rings is 1. The van der Waals surface area contributed by atoms with E-state index in [1.165, 1.54) is 0 Å². The molecule has 166 valence electrons. The van der Waals surface area contributed by atoms with Crippen LogP contribution in [0.3, 0.4) is 0 Å². The summed E-state index contributed by atoms with van der Waals surface area (Å²) in [5.41, 5.74) is 10.8. The molecule has 0 bridgehead atoms. The summed E-state index contributed by atoms with van der Waals surface area (Å²) in [5.74, 6) is -0.435. The number of nitrogens with zero attached hydrogens (tertiary/aromatic N) is 3. The van der Waals surface area contributed by atoms with Gasteiger partial charge in [0.1, 0.15) is 0 Å². The lowest BCUT2D eigenvalue weighted by Crippen LogP contribution is -2.39. The van der Waals surface area contributed by atoms with Crippen LogP contribution in [0.1, 0.15) is 45.8 Å². The Balaban J connectivity index is 1.53. The number of rotatable bonds is 7. The molecular formula is C25H29N5O2.